The molecule has 0 unspecified atom stereocenters. The molecule has 35 heavy (non-hydrogen) atoms. The van der Waals surface area contributed by atoms with Crippen molar-refractivity contribution in [3.05, 3.63) is 94.8 Å². The maximum absolute atomic E-state index is 13.1. The Hall–Kier alpha value is -4.72. The van der Waals surface area contributed by atoms with Crippen LogP contribution in [0.5, 0.6) is 11.5 Å². The third kappa shape index (κ3) is 5.27. The van der Waals surface area contributed by atoms with Crippen molar-refractivity contribution in [3.63, 3.8) is 0 Å². The molecule has 0 saturated carbocycles. The number of Topliss-reactive ketones (excluding diaryl/α,β-unsaturated/α-hetero) is 1. The summed E-state index contributed by atoms with van der Waals surface area (Å²) in [4.78, 5) is 39.3. The van der Waals surface area contributed by atoms with Crippen molar-refractivity contribution in [2.24, 2.45) is 4.99 Å². The SMILES string of the molecule is Cc1cccc(C)c1N=C1C=C(OCNc2cc(OC=O)cc(OC=O)c2)C(=O)c2ccccc21. The number of hydrogen-bond acceptors (Lipinski definition) is 8. The zero-order valence-corrected chi connectivity index (χ0v) is 19.1. The number of ether oxygens (including phenoxy) is 3. The van der Waals surface area contributed by atoms with Crippen LogP contribution in [-0.4, -0.2) is 31.2 Å². The van der Waals surface area contributed by atoms with Gasteiger partial charge in [-0.3, -0.25) is 14.4 Å². The number of hydrogen-bond donors (Lipinski definition) is 1. The van der Waals surface area contributed by atoms with Gasteiger partial charge in [0, 0.05) is 41.1 Å². The third-order valence-corrected chi connectivity index (χ3v) is 5.36. The molecule has 0 atom stereocenters. The van der Waals surface area contributed by atoms with Gasteiger partial charge in [-0.25, -0.2) is 4.99 Å². The quantitative estimate of drug-likeness (QED) is 0.358. The van der Waals surface area contributed by atoms with E-state index in [0.717, 1.165) is 22.4 Å². The molecule has 4 rings (SSSR count). The number of ketones is 1. The highest BCUT2D eigenvalue weighted by Crippen LogP contribution is 2.29. The Balaban J connectivity index is 1.60. The topological polar surface area (TPSA) is 103 Å². The second-order valence-electron chi connectivity index (χ2n) is 7.71. The van der Waals surface area contributed by atoms with Crippen LogP contribution in [0.25, 0.3) is 0 Å². The van der Waals surface area contributed by atoms with Gasteiger partial charge in [-0.15, -0.1) is 0 Å². The zero-order chi connectivity index (χ0) is 24.8. The maximum Gasteiger partial charge on any atom is 0.298 e. The van der Waals surface area contributed by atoms with E-state index in [-0.39, 0.29) is 42.7 Å². The molecular formula is C27H22N2O6. The number of allylic oxidation sites excluding steroid dienone is 2. The van der Waals surface area contributed by atoms with Crippen LogP contribution in [-0.2, 0) is 14.3 Å². The molecule has 1 N–H and O–H groups in total. The number of aliphatic imine (C=N–C) groups is 1. The first-order valence-electron chi connectivity index (χ1n) is 10.7. The number of nitrogens with one attached hydrogen (secondary N) is 1. The Bertz CT molecular complexity index is 1310. The molecule has 0 amide bonds. The van der Waals surface area contributed by atoms with Gasteiger partial charge in [-0.1, -0.05) is 42.5 Å². The van der Waals surface area contributed by atoms with Gasteiger partial charge in [-0.05, 0) is 25.0 Å². The van der Waals surface area contributed by atoms with Crippen molar-refractivity contribution in [2.45, 2.75) is 13.8 Å². The number of benzene rings is 3. The van der Waals surface area contributed by atoms with Crippen molar-refractivity contribution < 1.29 is 28.6 Å². The molecule has 0 spiro atoms. The average molecular weight is 470 g/mol. The summed E-state index contributed by atoms with van der Waals surface area (Å²) in [5, 5.41) is 2.97. The highest BCUT2D eigenvalue weighted by atomic mass is 16.5. The minimum Gasteiger partial charge on any atom is -0.469 e. The van der Waals surface area contributed by atoms with E-state index < -0.39 is 0 Å². The average Bonchev–Trinajstić information content (AvgIpc) is 2.84. The van der Waals surface area contributed by atoms with E-state index >= 15 is 0 Å². The number of anilines is 1. The van der Waals surface area contributed by atoms with Crippen LogP contribution < -0.4 is 14.8 Å². The van der Waals surface area contributed by atoms with Crippen molar-refractivity contribution >= 4 is 35.8 Å². The van der Waals surface area contributed by atoms with Crippen LogP contribution in [0, 0.1) is 13.8 Å². The van der Waals surface area contributed by atoms with Crippen molar-refractivity contribution in [3.8, 4) is 11.5 Å². The number of aryl methyl sites for hydroxylation is 2. The van der Waals surface area contributed by atoms with Gasteiger partial charge in [0.15, 0.2) is 12.5 Å². The molecule has 1 aliphatic rings. The van der Waals surface area contributed by atoms with Crippen LogP contribution in [0.4, 0.5) is 11.4 Å². The first kappa shape index (κ1) is 23.4. The molecule has 0 heterocycles. The highest BCUT2D eigenvalue weighted by molar-refractivity contribution is 6.26. The largest absolute Gasteiger partial charge is 0.469 e. The normalized spacial score (nSPS) is 13.5. The Kier molecular flexibility index (Phi) is 7.02. The van der Waals surface area contributed by atoms with Gasteiger partial charge in [0.2, 0.25) is 5.78 Å². The molecule has 0 aliphatic heterocycles. The second kappa shape index (κ2) is 10.5. The molecule has 3 aromatic rings. The highest BCUT2D eigenvalue weighted by Gasteiger charge is 2.25. The first-order chi connectivity index (χ1) is 17.0. The predicted molar refractivity (Wildman–Crippen MR) is 130 cm³/mol. The number of para-hydroxylation sites is 1. The molecule has 3 aromatic carbocycles. The fraction of sp³-hybridized carbons (Fsp3) is 0.111. The molecule has 8 nitrogen and oxygen atoms in total. The maximum atomic E-state index is 13.1. The van der Waals surface area contributed by atoms with E-state index in [2.05, 4.69) is 5.32 Å². The third-order valence-electron chi connectivity index (χ3n) is 5.36. The Morgan fingerprint density at radius 1 is 0.857 bits per heavy atom. The fourth-order valence-electron chi connectivity index (χ4n) is 3.73. The Labute approximate surface area is 201 Å². The summed E-state index contributed by atoms with van der Waals surface area (Å²) in [6.07, 6.45) is 1.63. The molecule has 0 bridgehead atoms. The van der Waals surface area contributed by atoms with Crippen molar-refractivity contribution in [1.29, 1.82) is 0 Å². The Morgan fingerprint density at radius 3 is 2.11 bits per heavy atom. The van der Waals surface area contributed by atoms with Crippen LogP contribution in [0.15, 0.2) is 77.5 Å². The number of fused-ring (bicyclic) bond motifs is 1. The number of carbonyl (C=O) groups is 3. The minimum atomic E-state index is -0.258. The van der Waals surface area contributed by atoms with Gasteiger partial charge in [0.05, 0.1) is 11.4 Å². The molecule has 0 radical (unpaired) electrons. The molecule has 176 valence electrons. The summed E-state index contributed by atoms with van der Waals surface area (Å²) >= 11 is 0. The smallest absolute Gasteiger partial charge is 0.298 e. The number of rotatable bonds is 9. The summed E-state index contributed by atoms with van der Waals surface area (Å²) in [7, 11) is 0. The van der Waals surface area contributed by atoms with Crippen LogP contribution in [0.3, 0.4) is 0 Å². The van der Waals surface area contributed by atoms with Crippen LogP contribution in [0.2, 0.25) is 0 Å². The fourth-order valence-corrected chi connectivity index (χ4v) is 3.73. The van der Waals surface area contributed by atoms with E-state index in [1.54, 1.807) is 18.2 Å². The standard InChI is InChI=1S/C27H22N2O6/c1-17-6-5-7-18(2)26(17)29-24-13-25(27(32)23-9-4-3-8-22(23)24)33-14-28-19-10-20(34-15-30)12-21(11-19)35-16-31/h3-13,15-16,28H,14H2,1-2H3. The summed E-state index contributed by atoms with van der Waals surface area (Å²) in [6, 6.07) is 17.6. The Morgan fingerprint density at radius 2 is 1.49 bits per heavy atom. The predicted octanol–water partition coefficient (Wildman–Crippen LogP) is 4.66. The lowest BCUT2D eigenvalue weighted by atomic mass is 9.93. The van der Waals surface area contributed by atoms with Crippen molar-refractivity contribution in [2.75, 3.05) is 12.0 Å². The molecule has 0 saturated heterocycles. The van der Waals surface area contributed by atoms with Crippen LogP contribution in [0.1, 0.15) is 27.0 Å². The van der Waals surface area contributed by atoms with E-state index in [0.29, 0.717) is 17.0 Å². The number of nitrogens with zero attached hydrogens (tertiary/aromatic N) is 1. The summed E-state index contributed by atoms with van der Waals surface area (Å²) < 4.78 is 15.5. The van der Waals surface area contributed by atoms with Gasteiger partial charge in [0.1, 0.15) is 11.5 Å². The van der Waals surface area contributed by atoms with E-state index in [1.165, 1.54) is 18.2 Å². The summed E-state index contributed by atoms with van der Waals surface area (Å²) in [5.41, 5.74) is 5.19. The zero-order valence-electron chi connectivity index (χ0n) is 19.1. The number of carbonyl (C=O) groups excluding carboxylic acids is 3. The summed E-state index contributed by atoms with van der Waals surface area (Å²) in [6.45, 7) is 4.42. The lowest BCUT2D eigenvalue weighted by Gasteiger charge is -2.19. The van der Waals surface area contributed by atoms with Gasteiger partial charge in [-0.2, -0.15) is 0 Å². The second-order valence-corrected chi connectivity index (χ2v) is 7.71. The molecule has 8 heteroatoms. The van der Waals surface area contributed by atoms with E-state index in [9.17, 15) is 14.4 Å². The van der Waals surface area contributed by atoms with Gasteiger partial charge >= 0.3 is 0 Å². The van der Waals surface area contributed by atoms with E-state index in [4.69, 9.17) is 19.2 Å². The molecular weight excluding hydrogens is 448 g/mol. The molecule has 0 fully saturated rings. The first-order valence-corrected chi connectivity index (χ1v) is 10.7. The molecule has 0 aromatic heterocycles. The van der Waals surface area contributed by atoms with E-state index in [1.807, 2.05) is 44.2 Å². The lowest BCUT2D eigenvalue weighted by Crippen LogP contribution is -2.21. The van der Waals surface area contributed by atoms with Crippen LogP contribution >= 0.6 is 0 Å². The lowest BCUT2D eigenvalue weighted by molar-refractivity contribution is -0.121. The monoisotopic (exact) mass is 470 g/mol. The van der Waals surface area contributed by atoms with Gasteiger partial charge < -0.3 is 19.5 Å². The molecule has 1 aliphatic carbocycles. The van der Waals surface area contributed by atoms with Gasteiger partial charge in [0.25, 0.3) is 12.9 Å². The summed E-state index contributed by atoms with van der Waals surface area (Å²) in [5.74, 6) is 0.218. The van der Waals surface area contributed by atoms with Crippen molar-refractivity contribution in [1.82, 2.24) is 0 Å². The minimum absolute atomic E-state index is 0.0819.